The predicted molar refractivity (Wildman–Crippen MR) is 106 cm³/mol. The first kappa shape index (κ1) is 20.3. The lowest BCUT2D eigenvalue weighted by atomic mass is 10.0. The number of rotatable bonds is 6. The van der Waals surface area contributed by atoms with Crippen molar-refractivity contribution in [2.45, 2.75) is 39.5 Å². The van der Waals surface area contributed by atoms with Crippen LogP contribution >= 0.6 is 0 Å². The fraction of sp³-hybridized carbons (Fsp3) is 0.333. The molecule has 3 rings (SSSR count). The summed E-state index contributed by atoms with van der Waals surface area (Å²) in [6.07, 6.45) is -0.853. The highest BCUT2D eigenvalue weighted by Crippen LogP contribution is 2.39. The molecule has 8 heteroatoms. The van der Waals surface area contributed by atoms with Gasteiger partial charge in [-0.05, 0) is 24.5 Å². The van der Waals surface area contributed by atoms with Gasteiger partial charge < -0.3 is 9.47 Å². The minimum Gasteiger partial charge on any atom is -0.478 e. The van der Waals surface area contributed by atoms with E-state index >= 15 is 0 Å². The monoisotopic (exact) mass is 398 g/mol. The van der Waals surface area contributed by atoms with E-state index in [1.165, 1.54) is 23.1 Å². The summed E-state index contributed by atoms with van der Waals surface area (Å²) in [6, 6.07) is 12.3. The van der Waals surface area contributed by atoms with Crippen LogP contribution in [0.2, 0.25) is 0 Å². The molecule has 0 saturated heterocycles. The molecule has 29 heavy (non-hydrogen) atoms. The molecule has 0 N–H and O–H groups in total. The number of nitro benzene ring substituents is 1. The molecule has 0 saturated carbocycles. The van der Waals surface area contributed by atoms with E-state index in [9.17, 15) is 19.7 Å². The van der Waals surface area contributed by atoms with E-state index in [0.717, 1.165) is 5.56 Å². The molecular formula is C21H22N2O6. The summed E-state index contributed by atoms with van der Waals surface area (Å²) in [5.41, 5.74) is 0.985. The SMILES string of the molecule is CC(C)C1Oc2cc([N+](=O)[O-])ccc2N(C(C)C(=O)OCc2ccccc2)C1=O. The molecule has 1 heterocycles. The molecule has 0 aliphatic carbocycles. The van der Waals surface area contributed by atoms with Crippen LogP contribution in [0.3, 0.4) is 0 Å². The second-order valence-corrected chi connectivity index (χ2v) is 7.17. The molecule has 0 bridgehead atoms. The van der Waals surface area contributed by atoms with Gasteiger partial charge in [0.25, 0.3) is 11.6 Å². The van der Waals surface area contributed by atoms with Crippen LogP contribution in [0.1, 0.15) is 26.3 Å². The van der Waals surface area contributed by atoms with Gasteiger partial charge in [0.15, 0.2) is 11.9 Å². The third-order valence-electron chi connectivity index (χ3n) is 4.71. The summed E-state index contributed by atoms with van der Waals surface area (Å²) in [4.78, 5) is 37.6. The Bertz CT molecular complexity index is 928. The Balaban J connectivity index is 1.88. The maximum atomic E-state index is 13.0. The summed E-state index contributed by atoms with van der Waals surface area (Å²) < 4.78 is 11.1. The van der Waals surface area contributed by atoms with Crippen LogP contribution in [0.25, 0.3) is 0 Å². The number of carbonyl (C=O) groups excluding carboxylic acids is 2. The highest BCUT2D eigenvalue weighted by Gasteiger charge is 2.41. The van der Waals surface area contributed by atoms with E-state index in [1.54, 1.807) is 6.92 Å². The lowest BCUT2D eigenvalue weighted by molar-refractivity contribution is -0.384. The zero-order chi connectivity index (χ0) is 21.1. The van der Waals surface area contributed by atoms with Crippen LogP contribution in [-0.4, -0.2) is 28.9 Å². The quantitative estimate of drug-likeness (QED) is 0.420. The van der Waals surface area contributed by atoms with E-state index < -0.39 is 23.0 Å². The third-order valence-corrected chi connectivity index (χ3v) is 4.71. The molecule has 2 aromatic carbocycles. The van der Waals surface area contributed by atoms with Crippen LogP contribution < -0.4 is 9.64 Å². The summed E-state index contributed by atoms with van der Waals surface area (Å²) in [5, 5.41) is 11.1. The Hall–Kier alpha value is -3.42. The Labute approximate surface area is 168 Å². The van der Waals surface area contributed by atoms with Crippen molar-refractivity contribution in [3.05, 3.63) is 64.2 Å². The van der Waals surface area contributed by atoms with Gasteiger partial charge in [-0.1, -0.05) is 44.2 Å². The number of benzene rings is 2. The molecule has 2 aromatic rings. The molecular weight excluding hydrogens is 376 g/mol. The molecule has 0 aromatic heterocycles. The van der Waals surface area contributed by atoms with E-state index in [1.807, 2.05) is 44.2 Å². The highest BCUT2D eigenvalue weighted by atomic mass is 16.6. The number of nitrogens with zero attached hydrogens (tertiary/aromatic N) is 2. The van der Waals surface area contributed by atoms with Gasteiger partial charge in [0.1, 0.15) is 12.6 Å². The first-order valence-corrected chi connectivity index (χ1v) is 9.28. The first-order chi connectivity index (χ1) is 13.8. The molecule has 8 nitrogen and oxygen atoms in total. The van der Waals surface area contributed by atoms with Crippen molar-refractivity contribution in [1.29, 1.82) is 0 Å². The summed E-state index contributed by atoms with van der Waals surface area (Å²) >= 11 is 0. The number of hydrogen-bond acceptors (Lipinski definition) is 6. The number of amides is 1. The molecule has 152 valence electrons. The predicted octanol–water partition coefficient (Wildman–Crippen LogP) is 3.48. The van der Waals surface area contributed by atoms with Crippen LogP contribution in [0.4, 0.5) is 11.4 Å². The lowest BCUT2D eigenvalue weighted by Gasteiger charge is -2.38. The Morgan fingerprint density at radius 3 is 2.52 bits per heavy atom. The minimum absolute atomic E-state index is 0.0866. The topological polar surface area (TPSA) is 99.0 Å². The van der Waals surface area contributed by atoms with Crippen LogP contribution in [0.5, 0.6) is 5.75 Å². The fourth-order valence-corrected chi connectivity index (χ4v) is 3.13. The Morgan fingerprint density at radius 2 is 1.90 bits per heavy atom. The number of esters is 1. The average molecular weight is 398 g/mol. The molecule has 2 unspecified atom stereocenters. The van der Waals surface area contributed by atoms with E-state index in [2.05, 4.69) is 0 Å². The zero-order valence-corrected chi connectivity index (χ0v) is 16.4. The average Bonchev–Trinajstić information content (AvgIpc) is 2.71. The van der Waals surface area contributed by atoms with Crippen molar-refractivity contribution in [3.63, 3.8) is 0 Å². The molecule has 0 fully saturated rings. The molecule has 1 aliphatic heterocycles. The standard InChI is InChI=1S/C21H22N2O6/c1-13(2)19-20(24)22(17-10-9-16(23(26)27)11-18(17)29-19)14(3)21(25)28-12-15-7-5-4-6-8-15/h4-11,13-14,19H,12H2,1-3H3. The Morgan fingerprint density at radius 1 is 1.21 bits per heavy atom. The van der Waals surface area contributed by atoms with Crippen LogP contribution in [0, 0.1) is 16.0 Å². The number of hydrogen-bond donors (Lipinski definition) is 0. The van der Waals surface area contributed by atoms with E-state index in [-0.39, 0.29) is 29.9 Å². The first-order valence-electron chi connectivity index (χ1n) is 9.28. The van der Waals surface area contributed by atoms with E-state index in [0.29, 0.717) is 5.69 Å². The van der Waals surface area contributed by atoms with Gasteiger partial charge in [0.2, 0.25) is 0 Å². The number of carbonyl (C=O) groups is 2. The molecule has 1 aliphatic rings. The van der Waals surface area contributed by atoms with Gasteiger partial charge in [-0.3, -0.25) is 19.8 Å². The number of non-ortho nitro benzene ring substituents is 1. The van der Waals surface area contributed by atoms with Gasteiger partial charge in [-0.25, -0.2) is 4.79 Å². The number of ether oxygens (including phenoxy) is 2. The third kappa shape index (κ3) is 4.21. The molecule has 1 amide bonds. The van der Waals surface area contributed by atoms with Gasteiger partial charge in [-0.15, -0.1) is 0 Å². The van der Waals surface area contributed by atoms with Crippen molar-refractivity contribution in [2.75, 3.05) is 4.90 Å². The van der Waals surface area contributed by atoms with Crippen molar-refractivity contribution < 1.29 is 24.0 Å². The Kier molecular flexibility index (Phi) is 5.81. The van der Waals surface area contributed by atoms with Gasteiger partial charge in [0.05, 0.1) is 16.7 Å². The number of nitro groups is 1. The highest BCUT2D eigenvalue weighted by molar-refractivity contribution is 6.04. The number of anilines is 1. The van der Waals surface area contributed by atoms with Crippen LogP contribution in [-0.2, 0) is 20.9 Å². The zero-order valence-electron chi connectivity index (χ0n) is 16.4. The van der Waals surface area contributed by atoms with Crippen molar-refractivity contribution in [1.82, 2.24) is 0 Å². The fourth-order valence-electron chi connectivity index (χ4n) is 3.13. The molecule has 2 atom stereocenters. The normalized spacial score (nSPS) is 16.8. The van der Waals surface area contributed by atoms with Crippen molar-refractivity contribution >= 4 is 23.3 Å². The van der Waals surface area contributed by atoms with Crippen LogP contribution in [0.15, 0.2) is 48.5 Å². The second kappa shape index (κ2) is 8.30. The number of fused-ring (bicyclic) bond motifs is 1. The maximum absolute atomic E-state index is 13.0. The van der Waals surface area contributed by atoms with E-state index in [4.69, 9.17) is 9.47 Å². The van der Waals surface area contributed by atoms with Crippen molar-refractivity contribution in [3.8, 4) is 5.75 Å². The maximum Gasteiger partial charge on any atom is 0.329 e. The minimum atomic E-state index is -0.920. The largest absolute Gasteiger partial charge is 0.478 e. The molecule has 0 spiro atoms. The van der Waals surface area contributed by atoms with Crippen molar-refractivity contribution in [2.24, 2.45) is 5.92 Å². The van der Waals surface area contributed by atoms with Gasteiger partial charge in [0, 0.05) is 6.07 Å². The van der Waals surface area contributed by atoms with Gasteiger partial charge >= 0.3 is 5.97 Å². The second-order valence-electron chi connectivity index (χ2n) is 7.17. The summed E-state index contributed by atoms with van der Waals surface area (Å²) in [6.45, 7) is 5.27. The van der Waals surface area contributed by atoms with Gasteiger partial charge in [-0.2, -0.15) is 0 Å². The summed E-state index contributed by atoms with van der Waals surface area (Å²) in [7, 11) is 0. The molecule has 0 radical (unpaired) electrons. The lowest BCUT2D eigenvalue weighted by Crippen LogP contribution is -2.54. The summed E-state index contributed by atoms with van der Waals surface area (Å²) in [5.74, 6) is -0.952. The smallest absolute Gasteiger partial charge is 0.329 e.